The SMILES string of the molecule is CCCc1ccc(COC2CCC(CCC=CC#N)CC2)cc1. The van der Waals surface area contributed by atoms with E-state index in [0.29, 0.717) is 6.10 Å². The van der Waals surface area contributed by atoms with Gasteiger partial charge in [-0.25, -0.2) is 0 Å². The molecule has 2 nitrogen and oxygen atoms in total. The maximum absolute atomic E-state index is 8.48. The summed E-state index contributed by atoms with van der Waals surface area (Å²) in [4.78, 5) is 0. The number of rotatable bonds is 8. The highest BCUT2D eigenvalue weighted by molar-refractivity contribution is 5.22. The second-order valence-corrected chi connectivity index (χ2v) is 6.63. The number of aryl methyl sites for hydroxylation is 1. The molecule has 0 saturated heterocycles. The van der Waals surface area contributed by atoms with Crippen LogP contribution < -0.4 is 0 Å². The van der Waals surface area contributed by atoms with Gasteiger partial charge in [-0.2, -0.15) is 5.26 Å². The summed E-state index contributed by atoms with van der Waals surface area (Å²) in [6.45, 7) is 2.96. The summed E-state index contributed by atoms with van der Waals surface area (Å²) in [6.07, 6.45) is 13.5. The van der Waals surface area contributed by atoms with Crippen molar-refractivity contribution in [3.63, 3.8) is 0 Å². The van der Waals surface area contributed by atoms with E-state index < -0.39 is 0 Å². The Bertz CT molecular complexity index is 504. The van der Waals surface area contributed by atoms with Crippen molar-refractivity contribution in [1.29, 1.82) is 5.26 Å². The van der Waals surface area contributed by atoms with Gasteiger partial charge >= 0.3 is 0 Å². The molecule has 2 rings (SSSR count). The highest BCUT2D eigenvalue weighted by Crippen LogP contribution is 2.30. The lowest BCUT2D eigenvalue weighted by molar-refractivity contribution is 0.00646. The minimum Gasteiger partial charge on any atom is -0.374 e. The maximum atomic E-state index is 8.48. The van der Waals surface area contributed by atoms with Crippen molar-refractivity contribution < 1.29 is 4.74 Å². The summed E-state index contributed by atoms with van der Waals surface area (Å²) in [5.74, 6) is 0.812. The van der Waals surface area contributed by atoms with Crippen LogP contribution in [0.2, 0.25) is 0 Å². The molecule has 0 unspecified atom stereocenters. The quantitative estimate of drug-likeness (QED) is 0.588. The molecule has 0 bridgehead atoms. The molecule has 0 radical (unpaired) electrons. The van der Waals surface area contributed by atoms with Crippen LogP contribution in [0.15, 0.2) is 36.4 Å². The van der Waals surface area contributed by atoms with Crippen molar-refractivity contribution in [3.8, 4) is 6.07 Å². The summed E-state index contributed by atoms with van der Waals surface area (Å²) >= 11 is 0. The molecule has 0 spiro atoms. The van der Waals surface area contributed by atoms with E-state index in [1.165, 1.54) is 49.7 Å². The van der Waals surface area contributed by atoms with E-state index in [1.54, 1.807) is 6.08 Å². The zero-order valence-electron chi connectivity index (χ0n) is 14.3. The fraction of sp³-hybridized carbons (Fsp3) is 0.571. The number of ether oxygens (including phenoxy) is 1. The Morgan fingerprint density at radius 1 is 1.13 bits per heavy atom. The van der Waals surface area contributed by atoms with Crippen molar-refractivity contribution in [2.75, 3.05) is 0 Å². The molecule has 1 aliphatic carbocycles. The first kappa shape index (κ1) is 17.8. The lowest BCUT2D eigenvalue weighted by Crippen LogP contribution is -2.21. The van der Waals surface area contributed by atoms with Crippen LogP contribution in [-0.4, -0.2) is 6.10 Å². The third-order valence-corrected chi connectivity index (χ3v) is 4.78. The van der Waals surface area contributed by atoms with Crippen LogP contribution in [0.5, 0.6) is 0 Å². The van der Waals surface area contributed by atoms with E-state index in [-0.39, 0.29) is 0 Å². The Kier molecular flexibility index (Phi) is 7.90. The number of hydrogen-bond donors (Lipinski definition) is 0. The number of allylic oxidation sites excluding steroid dienone is 2. The van der Waals surface area contributed by atoms with Crippen molar-refractivity contribution in [1.82, 2.24) is 0 Å². The van der Waals surface area contributed by atoms with E-state index in [4.69, 9.17) is 10.00 Å². The first-order valence-corrected chi connectivity index (χ1v) is 9.06. The molecule has 1 aromatic rings. The van der Waals surface area contributed by atoms with Crippen molar-refractivity contribution in [3.05, 3.63) is 47.5 Å². The Hall–Kier alpha value is -1.59. The molecule has 1 aliphatic rings. The number of nitrogens with zero attached hydrogens (tertiary/aromatic N) is 1. The molecule has 0 aliphatic heterocycles. The topological polar surface area (TPSA) is 33.0 Å². The summed E-state index contributed by atoms with van der Waals surface area (Å²) in [7, 11) is 0. The van der Waals surface area contributed by atoms with Crippen molar-refractivity contribution in [2.45, 2.75) is 71.0 Å². The molecule has 124 valence electrons. The minimum atomic E-state index is 0.427. The summed E-state index contributed by atoms with van der Waals surface area (Å²) in [6, 6.07) is 10.9. The molecule has 2 heteroatoms. The van der Waals surface area contributed by atoms with Gasteiger partial charge in [0.15, 0.2) is 0 Å². The van der Waals surface area contributed by atoms with E-state index in [0.717, 1.165) is 25.4 Å². The molecule has 23 heavy (non-hydrogen) atoms. The van der Waals surface area contributed by atoms with Gasteiger partial charge in [0.1, 0.15) is 0 Å². The predicted octanol–water partition coefficient (Wildman–Crippen LogP) is 5.57. The van der Waals surface area contributed by atoms with E-state index in [1.807, 2.05) is 6.08 Å². The zero-order chi connectivity index (χ0) is 16.3. The van der Waals surface area contributed by atoms with Gasteiger partial charge in [0, 0.05) is 6.08 Å². The number of hydrogen-bond acceptors (Lipinski definition) is 2. The van der Waals surface area contributed by atoms with Crippen molar-refractivity contribution in [2.24, 2.45) is 5.92 Å². The van der Waals surface area contributed by atoms with E-state index in [9.17, 15) is 0 Å². The van der Waals surface area contributed by atoms with Crippen LogP contribution in [0.3, 0.4) is 0 Å². The normalized spacial score (nSPS) is 21.4. The molecule has 0 amide bonds. The average Bonchev–Trinajstić information content (AvgIpc) is 2.59. The monoisotopic (exact) mass is 311 g/mol. The molecule has 0 aromatic heterocycles. The van der Waals surface area contributed by atoms with Gasteiger partial charge in [-0.05, 0) is 62.0 Å². The molecule has 1 saturated carbocycles. The molecular formula is C21H29NO. The van der Waals surface area contributed by atoms with Gasteiger partial charge < -0.3 is 4.74 Å². The maximum Gasteiger partial charge on any atom is 0.0908 e. The zero-order valence-corrected chi connectivity index (χ0v) is 14.3. The molecule has 0 atom stereocenters. The lowest BCUT2D eigenvalue weighted by atomic mass is 9.84. The minimum absolute atomic E-state index is 0.427. The largest absolute Gasteiger partial charge is 0.374 e. The highest BCUT2D eigenvalue weighted by atomic mass is 16.5. The smallest absolute Gasteiger partial charge is 0.0908 e. The Labute approximate surface area is 141 Å². The summed E-state index contributed by atoms with van der Waals surface area (Å²) in [5.41, 5.74) is 2.70. The third-order valence-electron chi connectivity index (χ3n) is 4.78. The van der Waals surface area contributed by atoms with Gasteiger partial charge in [-0.3, -0.25) is 0 Å². The molecule has 1 aromatic carbocycles. The van der Waals surface area contributed by atoms with E-state index in [2.05, 4.69) is 37.3 Å². The van der Waals surface area contributed by atoms with Crippen LogP contribution in [0.1, 0.15) is 63.0 Å². The molecule has 0 heterocycles. The van der Waals surface area contributed by atoms with Gasteiger partial charge in [-0.15, -0.1) is 0 Å². The summed E-state index contributed by atoms with van der Waals surface area (Å²) in [5, 5.41) is 8.48. The summed E-state index contributed by atoms with van der Waals surface area (Å²) < 4.78 is 6.10. The van der Waals surface area contributed by atoms with Crippen LogP contribution in [0.4, 0.5) is 0 Å². The predicted molar refractivity (Wildman–Crippen MR) is 95.0 cm³/mol. The van der Waals surface area contributed by atoms with Crippen LogP contribution in [-0.2, 0) is 17.8 Å². The first-order chi connectivity index (χ1) is 11.3. The first-order valence-electron chi connectivity index (χ1n) is 9.06. The van der Waals surface area contributed by atoms with Crippen molar-refractivity contribution >= 4 is 0 Å². The fourth-order valence-electron chi connectivity index (χ4n) is 3.36. The fourth-order valence-corrected chi connectivity index (χ4v) is 3.36. The standard InChI is InChI=1S/C21H29NO/c1-2-6-18-8-10-20(11-9-18)17-23-21-14-12-19(13-15-21)7-4-3-5-16-22/h3,5,8-11,19,21H,2,4,6-7,12-15,17H2,1H3. The lowest BCUT2D eigenvalue weighted by Gasteiger charge is -2.28. The van der Waals surface area contributed by atoms with Crippen LogP contribution >= 0.6 is 0 Å². The Balaban J connectivity index is 1.64. The average molecular weight is 311 g/mol. The molecule has 1 fully saturated rings. The second kappa shape index (κ2) is 10.2. The van der Waals surface area contributed by atoms with Crippen LogP contribution in [0.25, 0.3) is 0 Å². The number of nitriles is 1. The Morgan fingerprint density at radius 2 is 1.83 bits per heavy atom. The second-order valence-electron chi connectivity index (χ2n) is 6.63. The third kappa shape index (κ3) is 6.59. The molecule has 0 N–H and O–H groups in total. The van der Waals surface area contributed by atoms with Crippen LogP contribution in [0, 0.1) is 17.2 Å². The van der Waals surface area contributed by atoms with Gasteiger partial charge in [0.25, 0.3) is 0 Å². The Morgan fingerprint density at radius 3 is 2.48 bits per heavy atom. The van der Waals surface area contributed by atoms with Gasteiger partial charge in [0.05, 0.1) is 18.8 Å². The molecular weight excluding hydrogens is 282 g/mol. The number of benzene rings is 1. The van der Waals surface area contributed by atoms with E-state index >= 15 is 0 Å². The highest BCUT2D eigenvalue weighted by Gasteiger charge is 2.21. The van der Waals surface area contributed by atoms with Gasteiger partial charge in [-0.1, -0.05) is 43.7 Å². The van der Waals surface area contributed by atoms with Gasteiger partial charge in [0.2, 0.25) is 0 Å².